The average molecular weight is 1210 g/mol. The molecule has 0 bridgehead atoms. The highest BCUT2D eigenvalue weighted by molar-refractivity contribution is 9.10. The summed E-state index contributed by atoms with van der Waals surface area (Å²) in [6.07, 6.45) is 9.97. The highest BCUT2D eigenvalue weighted by Gasteiger charge is 2.58. The zero-order valence-corrected chi connectivity index (χ0v) is 46.7. The molecule has 0 amide bonds. The SMILES string of the molecule is CC[C@@H]([C@H](C)O)n1ncn(-c2ccc(N3CCN(c4ccc(-c5ccc(C(F)(F)C(O)(Cn6cccn6)c6cccc(Cl)c6)nc5)cc4)CC3)cc2)c1=O.N=O.OC(Cn1cccn1)(c1cccc(Cl)c1)C(F)(F)c1ccc(Br)cn1. The van der Waals surface area contributed by atoms with Crippen molar-refractivity contribution in [2.45, 2.75) is 68.6 Å². The van der Waals surface area contributed by atoms with E-state index in [2.05, 4.69) is 56.6 Å². The van der Waals surface area contributed by atoms with Gasteiger partial charge in [0.2, 0.25) is 0 Å². The Balaban J connectivity index is 0.000000266. The number of aliphatic hydroxyl groups is 3. The molecule has 81 heavy (non-hydrogen) atoms. The molecular formula is C57H55BrCl2F4N12O5. The number of piperazine rings is 1. The first-order chi connectivity index (χ1) is 38.8. The van der Waals surface area contributed by atoms with Crippen LogP contribution in [0.3, 0.4) is 0 Å². The van der Waals surface area contributed by atoms with Gasteiger partial charge in [0.15, 0.2) is 11.2 Å². The fourth-order valence-electron chi connectivity index (χ4n) is 9.58. The monoisotopic (exact) mass is 1210 g/mol. The molecule has 24 heteroatoms. The summed E-state index contributed by atoms with van der Waals surface area (Å²) in [6, 6.07) is 35.6. The van der Waals surface area contributed by atoms with Gasteiger partial charge >= 0.3 is 17.5 Å². The number of pyridine rings is 2. The van der Waals surface area contributed by atoms with E-state index in [9.17, 15) is 20.1 Å². The van der Waals surface area contributed by atoms with Crippen LogP contribution >= 0.6 is 39.1 Å². The number of alkyl halides is 4. The van der Waals surface area contributed by atoms with Crippen molar-refractivity contribution in [3.05, 3.63) is 229 Å². The number of nitroso groups, excluding NO2 is 1. The van der Waals surface area contributed by atoms with Gasteiger partial charge in [-0.05, 0) is 137 Å². The van der Waals surface area contributed by atoms with Crippen LogP contribution in [0.15, 0.2) is 186 Å². The second kappa shape index (κ2) is 25.5. The molecule has 9 aromatic rings. The molecule has 0 spiro atoms. The molecule has 2 unspecified atom stereocenters. The molecule has 10 rings (SSSR count). The van der Waals surface area contributed by atoms with E-state index < -0.39 is 53.6 Å². The number of benzene rings is 4. The van der Waals surface area contributed by atoms with Crippen LogP contribution in [0.1, 0.15) is 48.8 Å². The zero-order chi connectivity index (χ0) is 58.1. The molecule has 5 aromatic heterocycles. The van der Waals surface area contributed by atoms with E-state index in [1.807, 2.05) is 55.5 Å². The van der Waals surface area contributed by atoms with Gasteiger partial charge in [-0.3, -0.25) is 19.3 Å². The third kappa shape index (κ3) is 12.8. The molecule has 4 atom stereocenters. The maximum Gasteiger partial charge on any atom is 0.350 e. The highest BCUT2D eigenvalue weighted by atomic mass is 79.9. The van der Waals surface area contributed by atoms with Gasteiger partial charge in [-0.1, -0.05) is 78.2 Å². The van der Waals surface area contributed by atoms with Crippen LogP contribution < -0.4 is 15.5 Å². The first kappa shape index (κ1) is 59.5. The number of nitrogens with zero attached hydrogens (tertiary/aromatic N) is 11. The maximum absolute atomic E-state index is 16.3. The van der Waals surface area contributed by atoms with Crippen LogP contribution in [0.5, 0.6) is 0 Å². The third-order valence-electron chi connectivity index (χ3n) is 14.0. The van der Waals surface area contributed by atoms with Crippen molar-refractivity contribution >= 4 is 50.5 Å². The molecule has 0 radical (unpaired) electrons. The fourth-order valence-corrected chi connectivity index (χ4v) is 10.2. The van der Waals surface area contributed by atoms with Gasteiger partial charge in [-0.15, -0.1) is 0 Å². The van der Waals surface area contributed by atoms with Crippen molar-refractivity contribution in [1.82, 2.24) is 43.9 Å². The van der Waals surface area contributed by atoms with Gasteiger partial charge in [0.05, 0.1) is 30.9 Å². The third-order valence-corrected chi connectivity index (χ3v) is 14.9. The Hall–Kier alpha value is -7.60. The number of aliphatic hydroxyl groups excluding tert-OH is 1. The zero-order valence-electron chi connectivity index (χ0n) is 43.6. The maximum atomic E-state index is 16.3. The number of hydrogen-bond donors (Lipinski definition) is 4. The van der Waals surface area contributed by atoms with Crippen molar-refractivity contribution in [3.63, 3.8) is 0 Å². The number of anilines is 2. The van der Waals surface area contributed by atoms with E-state index in [4.69, 9.17) is 28.1 Å². The Kier molecular flexibility index (Phi) is 18.7. The topological polar surface area (TPSA) is 209 Å². The van der Waals surface area contributed by atoms with Crippen molar-refractivity contribution in [1.29, 1.82) is 5.59 Å². The molecule has 1 saturated heterocycles. The van der Waals surface area contributed by atoms with Gasteiger partial charge in [-0.2, -0.15) is 37.8 Å². The van der Waals surface area contributed by atoms with Crippen LogP contribution in [0.4, 0.5) is 28.9 Å². The molecule has 0 aliphatic carbocycles. The predicted molar refractivity (Wildman–Crippen MR) is 304 cm³/mol. The van der Waals surface area contributed by atoms with Crippen LogP contribution in [0.2, 0.25) is 10.0 Å². The van der Waals surface area contributed by atoms with Crippen LogP contribution in [-0.2, 0) is 36.1 Å². The van der Waals surface area contributed by atoms with Crippen molar-refractivity contribution in [3.8, 4) is 16.8 Å². The Morgan fingerprint density at radius 2 is 1.09 bits per heavy atom. The summed E-state index contributed by atoms with van der Waals surface area (Å²) in [5.74, 6) is -7.48. The van der Waals surface area contributed by atoms with Gasteiger partial charge in [0.1, 0.15) is 17.7 Å². The Labute approximate surface area is 481 Å². The molecular weight excluding hydrogens is 1160 g/mol. The van der Waals surface area contributed by atoms with Crippen molar-refractivity contribution in [2.24, 2.45) is 0 Å². The van der Waals surface area contributed by atoms with E-state index in [1.54, 1.807) is 37.3 Å². The molecule has 17 nitrogen and oxygen atoms in total. The summed E-state index contributed by atoms with van der Waals surface area (Å²) < 4.78 is 69.1. The van der Waals surface area contributed by atoms with E-state index in [1.165, 1.54) is 117 Å². The summed E-state index contributed by atoms with van der Waals surface area (Å²) >= 11 is 15.3. The second-order valence-electron chi connectivity index (χ2n) is 19.1. The Morgan fingerprint density at radius 3 is 1.49 bits per heavy atom. The lowest BCUT2D eigenvalue weighted by atomic mass is 9.85. The standard InChI is InChI=1S/C40H41ClF2N8O3.C17H13BrClF2N3O.HNO/c1-3-36(28(2)52)51-38(53)50(27-46-51)35-15-13-34(14-16-35)48-22-20-47(21-23-48)33-11-8-29(9-12-33)30-10-17-37(44-25-30)40(42,43)39(54,26-49-19-5-18-45-49)31-6-4-7-32(41)24-31;18-13-5-6-15(22-10-13)17(20,21)16(25,11-24-8-2-7-23-24)12-3-1-4-14(19)9-12;1-2/h4-19,24-25,27-28,36,52,54H,3,20-23,26H2,1-2H3;1-10,25H,11H2;1H/t28-,36-,39?;;/m0../s1. The minimum Gasteiger partial charge on any atom is -0.391 e. The average Bonchev–Trinajstić information content (AvgIpc) is 4.35. The first-order valence-corrected chi connectivity index (χ1v) is 26.9. The molecule has 1 fully saturated rings. The largest absolute Gasteiger partial charge is 0.391 e. The van der Waals surface area contributed by atoms with Crippen LogP contribution in [0, 0.1) is 10.5 Å². The number of aromatic nitrogens is 9. The van der Waals surface area contributed by atoms with Gasteiger partial charge in [0.25, 0.3) is 0 Å². The lowest BCUT2D eigenvalue weighted by Gasteiger charge is -2.37. The summed E-state index contributed by atoms with van der Waals surface area (Å²) in [4.78, 5) is 33.0. The van der Waals surface area contributed by atoms with Crippen molar-refractivity contribution in [2.75, 3.05) is 36.0 Å². The lowest BCUT2D eigenvalue weighted by molar-refractivity contribution is -0.206. The number of halogens is 7. The molecule has 1 aliphatic heterocycles. The molecule has 4 aromatic carbocycles. The van der Waals surface area contributed by atoms with Crippen molar-refractivity contribution < 1.29 is 32.9 Å². The molecule has 1 aliphatic rings. The Bertz CT molecular complexity index is 3520. The molecule has 0 saturated carbocycles. The normalized spacial score (nSPS) is 15.1. The fraction of sp³-hybridized carbons (Fsp3) is 0.263. The Morgan fingerprint density at radius 1 is 0.630 bits per heavy atom. The summed E-state index contributed by atoms with van der Waals surface area (Å²) in [5.41, 5.74) is 2.03. The van der Waals surface area contributed by atoms with E-state index in [0.717, 1.165) is 43.1 Å². The molecule has 4 N–H and O–H groups in total. The van der Waals surface area contributed by atoms with E-state index >= 15 is 17.6 Å². The summed E-state index contributed by atoms with van der Waals surface area (Å²) in [6.45, 7) is 5.78. The van der Waals surface area contributed by atoms with E-state index in [-0.39, 0.29) is 32.9 Å². The summed E-state index contributed by atoms with van der Waals surface area (Å²) in [5, 5.41) is 45.5. The lowest BCUT2D eigenvalue weighted by Crippen LogP contribution is -2.47. The smallest absolute Gasteiger partial charge is 0.350 e. The minimum atomic E-state index is -3.79. The first-order valence-electron chi connectivity index (χ1n) is 25.3. The van der Waals surface area contributed by atoms with Gasteiger partial charge in [0, 0.05) is 94.8 Å². The van der Waals surface area contributed by atoms with Gasteiger partial charge < -0.3 is 25.1 Å². The minimum absolute atomic E-state index is 0.0229. The van der Waals surface area contributed by atoms with Crippen LogP contribution in [-0.4, -0.2) is 91.5 Å². The second-order valence-corrected chi connectivity index (χ2v) is 20.9. The number of nitrogens with one attached hydrogen (secondary N) is 1. The van der Waals surface area contributed by atoms with Gasteiger partial charge in [-0.25, -0.2) is 14.0 Å². The van der Waals surface area contributed by atoms with E-state index in [0.29, 0.717) is 22.1 Å². The highest BCUT2D eigenvalue weighted by Crippen LogP contribution is 2.48. The van der Waals surface area contributed by atoms with Crippen LogP contribution in [0.25, 0.3) is 16.8 Å². The summed E-state index contributed by atoms with van der Waals surface area (Å²) in [7, 11) is 0. The number of hydrogen-bond acceptors (Lipinski definition) is 13. The molecule has 422 valence electrons. The quantitative estimate of drug-likeness (QED) is 0.0496. The number of rotatable bonds is 17. The molecule has 6 heterocycles. The predicted octanol–water partition coefficient (Wildman–Crippen LogP) is 11.0.